The molecule has 6 heteroatoms. The normalized spacial score (nSPS) is 22.2. The van der Waals surface area contributed by atoms with E-state index in [0.717, 1.165) is 6.42 Å². The van der Waals surface area contributed by atoms with E-state index in [1.54, 1.807) is 0 Å². The molecule has 6 nitrogen and oxygen atoms in total. The molecule has 1 aliphatic rings. The average Bonchev–Trinajstić information content (AvgIpc) is 2.44. The molecule has 0 aromatic carbocycles. The molecule has 1 aliphatic carbocycles. The van der Waals surface area contributed by atoms with Crippen molar-refractivity contribution in [3.8, 4) is 0 Å². The Morgan fingerprint density at radius 3 is 2.48 bits per heavy atom. The number of amides is 1. The third-order valence-electron chi connectivity index (χ3n) is 3.57. The lowest BCUT2D eigenvalue weighted by molar-refractivity contribution is -0.144. The number of ether oxygens (including phenoxy) is 2. The lowest BCUT2D eigenvalue weighted by atomic mass is 9.87. The Morgan fingerprint density at radius 1 is 1.24 bits per heavy atom. The Labute approximate surface area is 126 Å². The Morgan fingerprint density at radius 2 is 1.90 bits per heavy atom. The highest BCUT2D eigenvalue weighted by Gasteiger charge is 2.26. The van der Waals surface area contributed by atoms with Crippen LogP contribution in [0.1, 0.15) is 46.0 Å². The fourth-order valence-corrected chi connectivity index (χ4v) is 2.34. The third-order valence-corrected chi connectivity index (χ3v) is 3.57. The Bertz CT molecular complexity index is 324. The number of aliphatic carboxylic acids is 1. The number of carboxylic acids is 1. The molecule has 0 spiro atoms. The summed E-state index contributed by atoms with van der Waals surface area (Å²) in [6, 6.07) is 0. The number of nitrogens with one attached hydrogen (secondary N) is 1. The fourth-order valence-electron chi connectivity index (χ4n) is 2.34. The molecule has 0 heterocycles. The van der Waals surface area contributed by atoms with Crippen LogP contribution in [0, 0.1) is 5.92 Å². The Balaban J connectivity index is 2.02. The predicted molar refractivity (Wildman–Crippen MR) is 78.0 cm³/mol. The summed E-state index contributed by atoms with van der Waals surface area (Å²) in [6.07, 6.45) is 3.70. The highest BCUT2D eigenvalue weighted by Crippen LogP contribution is 2.26. The van der Waals surface area contributed by atoms with Gasteiger partial charge in [-0.15, -0.1) is 0 Å². The van der Waals surface area contributed by atoms with Crippen LogP contribution in [0.4, 0.5) is 0 Å². The third kappa shape index (κ3) is 8.02. The molecule has 21 heavy (non-hydrogen) atoms. The van der Waals surface area contributed by atoms with Crippen molar-refractivity contribution in [2.24, 2.45) is 5.92 Å². The molecule has 0 unspecified atom stereocenters. The van der Waals surface area contributed by atoms with Gasteiger partial charge in [-0.05, 0) is 46.0 Å². The van der Waals surface area contributed by atoms with Gasteiger partial charge < -0.3 is 19.9 Å². The number of rotatable bonds is 9. The molecular formula is C15H27NO5. The van der Waals surface area contributed by atoms with Crippen molar-refractivity contribution < 1.29 is 24.2 Å². The summed E-state index contributed by atoms with van der Waals surface area (Å²) in [5, 5.41) is 11.7. The maximum Gasteiger partial charge on any atom is 0.306 e. The van der Waals surface area contributed by atoms with Crippen LogP contribution in [0.5, 0.6) is 0 Å². The van der Waals surface area contributed by atoms with E-state index in [0.29, 0.717) is 38.8 Å². The number of hydrogen-bond donors (Lipinski definition) is 2. The number of carbonyl (C=O) groups is 2. The molecule has 0 saturated heterocycles. The van der Waals surface area contributed by atoms with Gasteiger partial charge in [0.1, 0.15) is 6.61 Å². The summed E-state index contributed by atoms with van der Waals surface area (Å²) in [4.78, 5) is 22.4. The van der Waals surface area contributed by atoms with Gasteiger partial charge in [-0.1, -0.05) is 0 Å². The largest absolute Gasteiger partial charge is 0.481 e. The Kier molecular flexibility index (Phi) is 8.30. The maximum atomic E-state index is 11.6. The molecule has 0 aromatic heterocycles. The van der Waals surface area contributed by atoms with Crippen molar-refractivity contribution in [3.63, 3.8) is 0 Å². The fraction of sp³-hybridized carbons (Fsp3) is 0.867. The summed E-state index contributed by atoms with van der Waals surface area (Å²) in [5.41, 5.74) is 0. The minimum Gasteiger partial charge on any atom is -0.481 e. The minimum absolute atomic E-state index is 0.00984. The zero-order valence-corrected chi connectivity index (χ0v) is 13.0. The van der Waals surface area contributed by atoms with Gasteiger partial charge in [-0.25, -0.2) is 0 Å². The van der Waals surface area contributed by atoms with Crippen LogP contribution in [0.25, 0.3) is 0 Å². The molecule has 0 radical (unpaired) electrons. The summed E-state index contributed by atoms with van der Waals surface area (Å²) in [6.45, 7) is 5.23. The monoisotopic (exact) mass is 301 g/mol. The van der Waals surface area contributed by atoms with Crippen molar-refractivity contribution in [3.05, 3.63) is 0 Å². The first-order chi connectivity index (χ1) is 9.99. The molecule has 1 rings (SSSR count). The van der Waals surface area contributed by atoms with Gasteiger partial charge in [-0.3, -0.25) is 9.59 Å². The number of hydrogen-bond acceptors (Lipinski definition) is 4. The predicted octanol–water partition coefficient (Wildman–Crippen LogP) is 1.58. The van der Waals surface area contributed by atoms with E-state index in [4.69, 9.17) is 14.6 Å². The first-order valence-corrected chi connectivity index (χ1v) is 7.71. The van der Waals surface area contributed by atoms with E-state index in [2.05, 4.69) is 5.32 Å². The lowest BCUT2D eigenvalue weighted by Gasteiger charge is -2.25. The van der Waals surface area contributed by atoms with E-state index < -0.39 is 5.97 Å². The summed E-state index contributed by atoms with van der Waals surface area (Å²) in [5.74, 6) is -1.10. The first-order valence-electron chi connectivity index (χ1n) is 7.71. The van der Waals surface area contributed by atoms with Crippen molar-refractivity contribution in [2.75, 3.05) is 19.8 Å². The quantitative estimate of drug-likeness (QED) is 0.632. The van der Waals surface area contributed by atoms with Crippen LogP contribution in [0.3, 0.4) is 0 Å². The van der Waals surface area contributed by atoms with Crippen LogP contribution < -0.4 is 5.32 Å². The molecule has 0 atom stereocenters. The first kappa shape index (κ1) is 17.9. The van der Waals surface area contributed by atoms with E-state index in [-0.39, 0.29) is 30.6 Å². The van der Waals surface area contributed by atoms with Crippen molar-refractivity contribution in [1.29, 1.82) is 0 Å². The van der Waals surface area contributed by atoms with Gasteiger partial charge in [0.15, 0.2) is 0 Å². The van der Waals surface area contributed by atoms with Crippen LogP contribution >= 0.6 is 0 Å². The molecule has 0 aromatic rings. The van der Waals surface area contributed by atoms with Crippen molar-refractivity contribution >= 4 is 11.9 Å². The summed E-state index contributed by atoms with van der Waals surface area (Å²) >= 11 is 0. The second-order valence-electron chi connectivity index (χ2n) is 5.75. The van der Waals surface area contributed by atoms with Gasteiger partial charge in [-0.2, -0.15) is 0 Å². The molecular weight excluding hydrogens is 274 g/mol. The van der Waals surface area contributed by atoms with Gasteiger partial charge in [0, 0.05) is 13.2 Å². The van der Waals surface area contributed by atoms with Crippen molar-refractivity contribution in [1.82, 2.24) is 5.32 Å². The van der Waals surface area contributed by atoms with E-state index in [1.807, 2.05) is 13.8 Å². The molecule has 122 valence electrons. The highest BCUT2D eigenvalue weighted by molar-refractivity contribution is 5.77. The van der Waals surface area contributed by atoms with Crippen LogP contribution in [0.15, 0.2) is 0 Å². The molecule has 0 bridgehead atoms. The maximum absolute atomic E-state index is 11.6. The van der Waals surface area contributed by atoms with E-state index >= 15 is 0 Å². The molecule has 1 saturated carbocycles. The van der Waals surface area contributed by atoms with Gasteiger partial charge >= 0.3 is 5.97 Å². The van der Waals surface area contributed by atoms with Crippen LogP contribution in [0.2, 0.25) is 0 Å². The SMILES string of the molecule is CC(C)OCCCNC(=O)COC1CCC(C(=O)O)CC1. The molecule has 0 aliphatic heterocycles. The zero-order chi connectivity index (χ0) is 15.7. The average molecular weight is 301 g/mol. The number of carboxylic acid groups (broad SMARTS) is 1. The molecule has 1 amide bonds. The van der Waals surface area contributed by atoms with Crippen molar-refractivity contribution in [2.45, 2.75) is 58.2 Å². The zero-order valence-electron chi connectivity index (χ0n) is 13.0. The Hall–Kier alpha value is -1.14. The van der Waals surface area contributed by atoms with Gasteiger partial charge in [0.05, 0.1) is 18.1 Å². The lowest BCUT2D eigenvalue weighted by Crippen LogP contribution is -2.33. The number of carbonyl (C=O) groups excluding carboxylic acids is 1. The van der Waals surface area contributed by atoms with E-state index in [9.17, 15) is 9.59 Å². The smallest absolute Gasteiger partial charge is 0.306 e. The van der Waals surface area contributed by atoms with Crippen LogP contribution in [-0.2, 0) is 19.1 Å². The standard InChI is InChI=1S/C15H27NO5/c1-11(2)20-9-3-8-16-14(17)10-21-13-6-4-12(5-7-13)15(18)19/h11-13H,3-10H2,1-2H3,(H,16,17)(H,18,19). The van der Waals surface area contributed by atoms with Gasteiger partial charge in [0.2, 0.25) is 5.91 Å². The van der Waals surface area contributed by atoms with Crippen LogP contribution in [-0.4, -0.2) is 48.9 Å². The minimum atomic E-state index is -0.727. The van der Waals surface area contributed by atoms with E-state index in [1.165, 1.54) is 0 Å². The summed E-state index contributed by atoms with van der Waals surface area (Å²) < 4.78 is 10.9. The van der Waals surface area contributed by atoms with Gasteiger partial charge in [0.25, 0.3) is 0 Å². The molecule has 2 N–H and O–H groups in total. The molecule has 1 fully saturated rings. The second-order valence-corrected chi connectivity index (χ2v) is 5.75. The highest BCUT2D eigenvalue weighted by atomic mass is 16.5. The summed E-state index contributed by atoms with van der Waals surface area (Å²) in [7, 11) is 0. The topological polar surface area (TPSA) is 84.9 Å². The second kappa shape index (κ2) is 9.73.